The number of hydrogen-bond acceptors (Lipinski definition) is 3. The second-order valence-corrected chi connectivity index (χ2v) is 19.6. The van der Waals surface area contributed by atoms with E-state index < -0.39 is 5.41 Å². The van der Waals surface area contributed by atoms with E-state index in [0.29, 0.717) is 0 Å². The molecule has 0 saturated heterocycles. The molecular formula is C65H44N4OPt. The fourth-order valence-corrected chi connectivity index (χ4v) is 11.6. The summed E-state index contributed by atoms with van der Waals surface area (Å²) >= 11 is 0. The van der Waals surface area contributed by atoms with E-state index >= 15 is 0 Å². The standard InChI is InChI=1S/C65H44N4O.Pt/c1-64(2,3)53-30-13-15-32-55(53)69-56-33-18-27-44(60(56)68-63(69)50-39-49-47-25-10-16-34-57(47)70-62(49)59-48-26-9-14-31-54(48)67-61(50)59)42-21-17-22-43(37-42)65(58-38-41(35-36-66-58)40-19-5-4-6-20-40)51-28-11-7-23-45(51)46-24-8-12-29-52(46)65;/h4-36,38-39H,1-3H3;/q-2;+2. The molecule has 9 aromatic carbocycles. The third-order valence-electron chi connectivity index (χ3n) is 14.6. The molecule has 0 fully saturated rings. The van der Waals surface area contributed by atoms with Gasteiger partial charge in [0.2, 0.25) is 0 Å². The van der Waals surface area contributed by atoms with E-state index in [-0.39, 0.29) is 26.5 Å². The van der Waals surface area contributed by atoms with Gasteiger partial charge in [0.05, 0.1) is 27.8 Å². The average molecular weight is 1090 g/mol. The van der Waals surface area contributed by atoms with E-state index in [0.717, 1.165) is 105 Å². The van der Waals surface area contributed by atoms with Crippen molar-refractivity contribution in [3.63, 3.8) is 0 Å². The van der Waals surface area contributed by atoms with Crippen LogP contribution in [0.5, 0.6) is 0 Å². The van der Waals surface area contributed by atoms with Crippen LogP contribution < -0.4 is 4.98 Å². The minimum Gasteiger partial charge on any atom is -0.656 e. The Morgan fingerprint density at radius 2 is 1.25 bits per heavy atom. The molecule has 0 amide bonds. The first kappa shape index (κ1) is 42.9. The topological polar surface area (TPSA) is 58.0 Å². The fraction of sp³-hybridized carbons (Fsp3) is 0.0769. The van der Waals surface area contributed by atoms with Gasteiger partial charge in [-0.1, -0.05) is 178 Å². The summed E-state index contributed by atoms with van der Waals surface area (Å²) in [6.07, 6.45) is 1.96. The molecule has 340 valence electrons. The summed E-state index contributed by atoms with van der Waals surface area (Å²) in [4.78, 5) is 16.5. The molecule has 6 heteroatoms. The Hall–Kier alpha value is -8.11. The predicted molar refractivity (Wildman–Crippen MR) is 286 cm³/mol. The molecule has 0 spiro atoms. The summed E-state index contributed by atoms with van der Waals surface area (Å²) < 4.78 is 9.10. The van der Waals surface area contributed by atoms with Crippen molar-refractivity contribution in [3.05, 3.63) is 246 Å². The number of aromatic nitrogens is 4. The molecule has 1 aliphatic rings. The molecule has 71 heavy (non-hydrogen) atoms. The largest absolute Gasteiger partial charge is 2.00 e. The second kappa shape index (κ2) is 16.2. The van der Waals surface area contributed by atoms with Crippen molar-refractivity contribution in [1.29, 1.82) is 0 Å². The molecule has 4 aromatic heterocycles. The molecule has 0 atom stereocenters. The Bertz CT molecular complexity index is 4200. The zero-order chi connectivity index (χ0) is 46.7. The number of imidazole rings is 1. The number of hydrogen-bond donors (Lipinski definition) is 0. The first-order valence-corrected chi connectivity index (χ1v) is 24.0. The Balaban J connectivity index is 0.00000492. The maximum absolute atomic E-state index is 6.73. The molecule has 0 saturated carbocycles. The normalized spacial score (nSPS) is 13.0. The van der Waals surface area contributed by atoms with Crippen LogP contribution in [-0.2, 0) is 31.9 Å². The van der Waals surface area contributed by atoms with Crippen LogP contribution in [0.3, 0.4) is 0 Å². The molecule has 0 radical (unpaired) electrons. The quantitative estimate of drug-likeness (QED) is 0.156. The summed E-state index contributed by atoms with van der Waals surface area (Å²) in [6.45, 7) is 6.84. The Labute approximate surface area is 425 Å². The summed E-state index contributed by atoms with van der Waals surface area (Å²) in [5, 5.41) is 4.15. The zero-order valence-corrected chi connectivity index (χ0v) is 41.5. The van der Waals surface area contributed by atoms with Crippen molar-refractivity contribution in [3.8, 4) is 50.5 Å². The Kier molecular flexibility index (Phi) is 9.82. The van der Waals surface area contributed by atoms with Crippen molar-refractivity contribution >= 4 is 54.8 Å². The number of nitrogens with zero attached hydrogens (tertiary/aromatic N) is 4. The van der Waals surface area contributed by atoms with Crippen molar-refractivity contribution in [2.24, 2.45) is 0 Å². The van der Waals surface area contributed by atoms with Crippen LogP contribution in [0.1, 0.15) is 48.7 Å². The van der Waals surface area contributed by atoms with Crippen LogP contribution in [0.2, 0.25) is 0 Å². The van der Waals surface area contributed by atoms with Gasteiger partial charge in [0.15, 0.2) is 0 Å². The minimum absolute atomic E-state index is 0. The SMILES string of the molecule is CC(C)(C)c1ccccc1-n1c(-c2cc3c4ccccc4oc3c3c2[n-]c2ccccc23)nc2c(-c3[c-]c(C4(c5cc(-c6ccccc6)ccn5)c5ccccc5-c5ccccc54)ccc3)cccc21.[Pt+2]. The number of fused-ring (bicyclic) bond motifs is 11. The number of furan rings is 1. The van der Waals surface area contributed by atoms with Gasteiger partial charge < -0.3 is 9.40 Å². The molecular weight excluding hydrogens is 1050 g/mol. The summed E-state index contributed by atoms with van der Waals surface area (Å²) in [5.74, 6) is 0.812. The number of pyridine rings is 1. The summed E-state index contributed by atoms with van der Waals surface area (Å²) in [6, 6.07) is 77.6. The van der Waals surface area contributed by atoms with Crippen LogP contribution in [-0.4, -0.2) is 14.5 Å². The van der Waals surface area contributed by atoms with E-state index in [4.69, 9.17) is 19.4 Å². The van der Waals surface area contributed by atoms with E-state index in [1.54, 1.807) is 0 Å². The van der Waals surface area contributed by atoms with E-state index in [9.17, 15) is 0 Å². The first-order valence-electron chi connectivity index (χ1n) is 24.0. The molecule has 0 aliphatic heterocycles. The molecule has 14 rings (SSSR count). The first-order chi connectivity index (χ1) is 34.4. The van der Waals surface area contributed by atoms with Gasteiger partial charge in [-0.05, 0) is 86.1 Å². The predicted octanol–water partition coefficient (Wildman–Crippen LogP) is 16.0. The van der Waals surface area contributed by atoms with Gasteiger partial charge in [-0.15, -0.1) is 46.4 Å². The molecule has 1 aliphatic carbocycles. The van der Waals surface area contributed by atoms with Gasteiger partial charge in [0.25, 0.3) is 0 Å². The van der Waals surface area contributed by atoms with Gasteiger partial charge in [-0.2, -0.15) is 0 Å². The van der Waals surface area contributed by atoms with Gasteiger partial charge in [0, 0.05) is 27.9 Å². The molecule has 5 nitrogen and oxygen atoms in total. The fourth-order valence-electron chi connectivity index (χ4n) is 11.6. The van der Waals surface area contributed by atoms with Crippen LogP contribution in [0, 0.1) is 6.07 Å². The Morgan fingerprint density at radius 3 is 2.06 bits per heavy atom. The van der Waals surface area contributed by atoms with Crippen LogP contribution >= 0.6 is 0 Å². The van der Waals surface area contributed by atoms with E-state index in [1.807, 2.05) is 18.3 Å². The Morgan fingerprint density at radius 1 is 0.577 bits per heavy atom. The van der Waals surface area contributed by atoms with E-state index in [2.05, 4.69) is 226 Å². The maximum Gasteiger partial charge on any atom is 2.00 e. The average Bonchev–Trinajstić information content (AvgIpc) is 4.17. The van der Waals surface area contributed by atoms with Gasteiger partial charge in [-0.25, -0.2) is 4.98 Å². The number of para-hydroxylation sites is 4. The van der Waals surface area contributed by atoms with Crippen LogP contribution in [0.15, 0.2) is 217 Å². The second-order valence-electron chi connectivity index (χ2n) is 19.6. The molecule has 4 heterocycles. The monoisotopic (exact) mass is 1090 g/mol. The van der Waals surface area contributed by atoms with Crippen LogP contribution in [0.25, 0.3) is 105 Å². The van der Waals surface area contributed by atoms with Crippen LogP contribution in [0.4, 0.5) is 0 Å². The minimum atomic E-state index is -0.766. The third kappa shape index (κ3) is 6.36. The zero-order valence-electron chi connectivity index (χ0n) is 39.2. The van der Waals surface area contributed by atoms with Gasteiger partial charge >= 0.3 is 21.1 Å². The number of benzene rings is 9. The van der Waals surface area contributed by atoms with Crippen molar-refractivity contribution in [2.45, 2.75) is 31.6 Å². The molecule has 0 N–H and O–H groups in total. The van der Waals surface area contributed by atoms with Crippen molar-refractivity contribution < 1.29 is 25.5 Å². The molecule has 0 unspecified atom stereocenters. The van der Waals surface area contributed by atoms with Crippen molar-refractivity contribution in [2.75, 3.05) is 0 Å². The molecule has 0 bridgehead atoms. The van der Waals surface area contributed by atoms with Crippen molar-refractivity contribution in [1.82, 2.24) is 19.5 Å². The summed E-state index contributed by atoms with van der Waals surface area (Å²) in [5.41, 5.74) is 18.6. The molecule has 13 aromatic rings. The summed E-state index contributed by atoms with van der Waals surface area (Å²) in [7, 11) is 0. The third-order valence-corrected chi connectivity index (χ3v) is 14.6. The maximum atomic E-state index is 6.73. The van der Waals surface area contributed by atoms with Gasteiger partial charge in [0.1, 0.15) is 17.0 Å². The van der Waals surface area contributed by atoms with E-state index in [1.165, 1.54) is 27.8 Å². The smallest absolute Gasteiger partial charge is 0.656 e. The van der Waals surface area contributed by atoms with Gasteiger partial charge in [-0.3, -0.25) is 9.55 Å². The number of rotatable bonds is 6.